The van der Waals surface area contributed by atoms with Crippen LogP contribution in [0.25, 0.3) is 10.8 Å². The van der Waals surface area contributed by atoms with E-state index in [9.17, 15) is 8.42 Å². The molecule has 0 fully saturated rings. The number of hydrogen-bond acceptors (Lipinski definition) is 2. The summed E-state index contributed by atoms with van der Waals surface area (Å²) in [7, 11) is -2.11. The normalized spacial score (nSPS) is 11.6. The first kappa shape index (κ1) is 15.8. The van der Waals surface area contributed by atoms with Crippen LogP contribution in [0, 0.1) is 6.92 Å². The largest absolute Gasteiger partial charge is 0.269 e. The van der Waals surface area contributed by atoms with Crippen molar-refractivity contribution >= 4 is 38.1 Å². The number of nitrogens with zero attached hydrogens (tertiary/aromatic N) is 1. The molecule has 5 heteroatoms. The summed E-state index contributed by atoms with van der Waals surface area (Å²) in [5.74, 6) is 0. The van der Waals surface area contributed by atoms with Crippen molar-refractivity contribution in [2.24, 2.45) is 0 Å². The van der Waals surface area contributed by atoms with E-state index < -0.39 is 10.0 Å². The first-order chi connectivity index (χ1) is 10.9. The molecule has 0 aliphatic heterocycles. The Morgan fingerprint density at radius 1 is 0.913 bits per heavy atom. The Hall–Kier alpha value is -2.04. The molecular weight excluding hydrogens is 330 g/mol. The lowest BCUT2D eigenvalue weighted by Crippen LogP contribution is -2.26. The standard InChI is InChI=1S/C18H16ClNO2S/c1-13-7-9-16(12-18(13)19)20(2)23(21,22)17-10-8-14-5-3-4-6-15(14)11-17/h3-12H,1-2H3. The quantitative estimate of drug-likeness (QED) is 0.694. The van der Waals surface area contributed by atoms with E-state index in [4.69, 9.17) is 11.6 Å². The first-order valence-electron chi connectivity index (χ1n) is 7.13. The molecule has 0 heterocycles. The Morgan fingerprint density at radius 3 is 2.30 bits per heavy atom. The van der Waals surface area contributed by atoms with E-state index in [2.05, 4.69) is 0 Å². The van der Waals surface area contributed by atoms with Gasteiger partial charge >= 0.3 is 0 Å². The maximum Gasteiger partial charge on any atom is 0.264 e. The van der Waals surface area contributed by atoms with Crippen LogP contribution >= 0.6 is 11.6 Å². The van der Waals surface area contributed by atoms with Crippen molar-refractivity contribution in [3.05, 3.63) is 71.2 Å². The van der Waals surface area contributed by atoms with Crippen molar-refractivity contribution in [3.8, 4) is 0 Å². The van der Waals surface area contributed by atoms with Crippen molar-refractivity contribution < 1.29 is 8.42 Å². The lowest BCUT2D eigenvalue weighted by molar-refractivity contribution is 0.594. The van der Waals surface area contributed by atoms with Gasteiger partial charge in [0.2, 0.25) is 0 Å². The fraction of sp³-hybridized carbons (Fsp3) is 0.111. The molecule has 118 valence electrons. The topological polar surface area (TPSA) is 37.4 Å². The number of fused-ring (bicyclic) bond motifs is 1. The average Bonchev–Trinajstić information content (AvgIpc) is 2.56. The predicted octanol–water partition coefficient (Wildman–Crippen LogP) is 4.63. The van der Waals surface area contributed by atoms with Gasteiger partial charge in [0.25, 0.3) is 10.0 Å². The minimum atomic E-state index is -3.64. The van der Waals surface area contributed by atoms with Crippen LogP contribution in [0.2, 0.25) is 5.02 Å². The van der Waals surface area contributed by atoms with Gasteiger partial charge < -0.3 is 0 Å². The van der Waals surface area contributed by atoms with Gasteiger partial charge in [-0.1, -0.05) is 48.0 Å². The van der Waals surface area contributed by atoms with Crippen LogP contribution in [0.5, 0.6) is 0 Å². The molecule has 0 bridgehead atoms. The molecule has 0 N–H and O–H groups in total. The summed E-state index contributed by atoms with van der Waals surface area (Å²) in [5, 5.41) is 2.44. The monoisotopic (exact) mass is 345 g/mol. The predicted molar refractivity (Wildman–Crippen MR) is 95.7 cm³/mol. The Balaban J connectivity index is 2.06. The fourth-order valence-corrected chi connectivity index (χ4v) is 3.80. The summed E-state index contributed by atoms with van der Waals surface area (Å²) in [6, 6.07) is 18.0. The minimum absolute atomic E-state index is 0.260. The van der Waals surface area contributed by atoms with Crippen molar-refractivity contribution in [2.45, 2.75) is 11.8 Å². The highest BCUT2D eigenvalue weighted by Crippen LogP contribution is 2.28. The third kappa shape index (κ3) is 2.92. The van der Waals surface area contributed by atoms with Gasteiger partial charge in [-0.05, 0) is 47.5 Å². The van der Waals surface area contributed by atoms with Gasteiger partial charge in [-0.3, -0.25) is 4.31 Å². The highest BCUT2D eigenvalue weighted by atomic mass is 35.5. The second-order valence-corrected chi connectivity index (χ2v) is 7.79. The summed E-state index contributed by atoms with van der Waals surface area (Å²) < 4.78 is 27.0. The third-order valence-corrected chi connectivity index (χ3v) is 6.09. The molecule has 0 atom stereocenters. The van der Waals surface area contributed by atoms with Crippen molar-refractivity contribution in [3.63, 3.8) is 0 Å². The molecule has 0 amide bonds. The van der Waals surface area contributed by atoms with E-state index in [-0.39, 0.29) is 4.90 Å². The van der Waals surface area contributed by atoms with Crippen LogP contribution in [0.15, 0.2) is 65.6 Å². The Kier molecular flexibility index (Phi) is 4.04. The van der Waals surface area contributed by atoms with Gasteiger partial charge in [0.1, 0.15) is 0 Å². The Labute approximate surface area is 141 Å². The fourth-order valence-electron chi connectivity index (χ4n) is 2.40. The van der Waals surface area contributed by atoms with Gasteiger partial charge in [0, 0.05) is 12.1 Å². The van der Waals surface area contributed by atoms with Crippen LogP contribution < -0.4 is 4.31 Å². The zero-order valence-electron chi connectivity index (χ0n) is 12.8. The van der Waals surface area contributed by atoms with Gasteiger partial charge in [-0.2, -0.15) is 0 Å². The van der Waals surface area contributed by atoms with Crippen LogP contribution in [0.3, 0.4) is 0 Å². The molecule has 3 aromatic carbocycles. The van der Waals surface area contributed by atoms with Gasteiger partial charge in [0.05, 0.1) is 10.6 Å². The average molecular weight is 346 g/mol. The Morgan fingerprint density at radius 2 is 1.61 bits per heavy atom. The highest BCUT2D eigenvalue weighted by molar-refractivity contribution is 7.92. The van der Waals surface area contributed by atoms with Crippen molar-refractivity contribution in [1.29, 1.82) is 0 Å². The zero-order valence-corrected chi connectivity index (χ0v) is 14.4. The number of rotatable bonds is 3. The maximum absolute atomic E-state index is 12.9. The number of sulfonamides is 1. The maximum atomic E-state index is 12.9. The van der Waals surface area contributed by atoms with E-state index in [1.165, 1.54) is 11.4 Å². The van der Waals surface area contributed by atoms with Crippen LogP contribution in [-0.2, 0) is 10.0 Å². The molecule has 23 heavy (non-hydrogen) atoms. The van der Waals surface area contributed by atoms with Gasteiger partial charge in [-0.25, -0.2) is 8.42 Å². The SMILES string of the molecule is Cc1ccc(N(C)S(=O)(=O)c2ccc3ccccc3c2)cc1Cl. The van der Waals surface area contributed by atoms with Crippen LogP contribution in [0.1, 0.15) is 5.56 Å². The van der Waals surface area contributed by atoms with Gasteiger partial charge in [-0.15, -0.1) is 0 Å². The minimum Gasteiger partial charge on any atom is -0.269 e. The lowest BCUT2D eigenvalue weighted by atomic mass is 10.1. The van der Waals surface area contributed by atoms with Crippen LogP contribution in [-0.4, -0.2) is 15.5 Å². The molecule has 0 aliphatic rings. The highest BCUT2D eigenvalue weighted by Gasteiger charge is 2.22. The van der Waals surface area contributed by atoms with E-state index in [0.717, 1.165) is 16.3 Å². The summed E-state index contributed by atoms with van der Waals surface area (Å²) >= 11 is 6.11. The molecule has 0 aliphatic carbocycles. The summed E-state index contributed by atoms with van der Waals surface area (Å²) in [4.78, 5) is 0.260. The zero-order chi connectivity index (χ0) is 16.6. The van der Waals surface area contributed by atoms with E-state index >= 15 is 0 Å². The summed E-state index contributed by atoms with van der Waals surface area (Å²) in [6.45, 7) is 1.88. The van der Waals surface area contributed by atoms with E-state index in [1.54, 1.807) is 24.3 Å². The molecule has 3 rings (SSSR count). The van der Waals surface area contributed by atoms with Crippen molar-refractivity contribution in [2.75, 3.05) is 11.4 Å². The second-order valence-electron chi connectivity index (χ2n) is 5.41. The molecule has 0 radical (unpaired) electrons. The summed E-state index contributed by atoms with van der Waals surface area (Å²) in [6.07, 6.45) is 0. The second kappa shape index (κ2) is 5.87. The number of anilines is 1. The number of benzene rings is 3. The lowest BCUT2D eigenvalue weighted by Gasteiger charge is -2.20. The molecule has 0 unspecified atom stereocenters. The van der Waals surface area contributed by atoms with Crippen LogP contribution in [0.4, 0.5) is 5.69 Å². The molecule has 0 aromatic heterocycles. The molecule has 0 saturated heterocycles. The molecule has 3 nitrogen and oxygen atoms in total. The molecule has 3 aromatic rings. The summed E-state index contributed by atoms with van der Waals surface area (Å²) in [5.41, 5.74) is 1.45. The molecular formula is C18H16ClNO2S. The number of hydrogen-bond donors (Lipinski definition) is 0. The third-order valence-electron chi connectivity index (χ3n) is 3.90. The molecule has 0 saturated carbocycles. The van der Waals surface area contributed by atoms with E-state index in [1.807, 2.05) is 43.3 Å². The number of aryl methyl sites for hydroxylation is 1. The van der Waals surface area contributed by atoms with E-state index in [0.29, 0.717) is 10.7 Å². The molecule has 0 spiro atoms. The smallest absolute Gasteiger partial charge is 0.264 e. The first-order valence-corrected chi connectivity index (χ1v) is 8.95. The van der Waals surface area contributed by atoms with Gasteiger partial charge in [0.15, 0.2) is 0 Å². The Bertz CT molecular complexity index is 983. The number of halogens is 1. The van der Waals surface area contributed by atoms with Crippen molar-refractivity contribution in [1.82, 2.24) is 0 Å².